The fourth-order valence-electron chi connectivity index (χ4n) is 1.64. The van der Waals surface area contributed by atoms with Crippen molar-refractivity contribution in [1.82, 2.24) is 15.0 Å². The maximum atomic E-state index is 6.01. The van der Waals surface area contributed by atoms with Crippen LogP contribution in [0, 0.1) is 0 Å². The Hall–Kier alpha value is -1.88. The Kier molecular flexibility index (Phi) is 4.52. The van der Waals surface area contributed by atoms with E-state index in [-0.39, 0.29) is 0 Å². The molecule has 2 rings (SSSR count). The number of pyridine rings is 1. The highest BCUT2D eigenvalue weighted by atomic mass is 35.5. The molecule has 0 aromatic carbocycles. The summed E-state index contributed by atoms with van der Waals surface area (Å²) in [5.74, 6) is 1.29. The predicted octanol–water partition coefficient (Wildman–Crippen LogP) is 2.67. The first-order valence-corrected chi connectivity index (χ1v) is 6.53. The van der Waals surface area contributed by atoms with Crippen molar-refractivity contribution >= 4 is 23.1 Å². The summed E-state index contributed by atoms with van der Waals surface area (Å²) in [6.07, 6.45) is 5.24. The molecule has 0 atom stereocenters. The third-order valence-electron chi connectivity index (χ3n) is 2.63. The summed E-state index contributed by atoms with van der Waals surface area (Å²) in [5, 5.41) is 3.48. The van der Waals surface area contributed by atoms with Crippen molar-refractivity contribution in [2.45, 2.75) is 26.3 Å². The number of aryl methyl sites for hydroxylation is 1. The summed E-state index contributed by atoms with van der Waals surface area (Å²) in [6, 6.07) is 3.86. The van der Waals surface area contributed by atoms with Gasteiger partial charge in [-0.2, -0.15) is 0 Å². The number of rotatable bonds is 5. The van der Waals surface area contributed by atoms with Gasteiger partial charge in [-0.15, -0.1) is 0 Å². The standard InChI is InChI=1S/C13H16ClN5/c1-2-3-10-18-12(14)11(15)13(19-10)17-8-9-4-6-16-7-5-9/h4-7H,2-3,8,15H2,1H3,(H,17,18,19). The molecule has 100 valence electrons. The van der Waals surface area contributed by atoms with Gasteiger partial charge in [0, 0.05) is 25.4 Å². The Morgan fingerprint density at radius 2 is 2.00 bits per heavy atom. The number of nitrogens with one attached hydrogen (secondary N) is 1. The van der Waals surface area contributed by atoms with Gasteiger partial charge in [0.25, 0.3) is 0 Å². The summed E-state index contributed by atoms with van der Waals surface area (Å²) < 4.78 is 0. The van der Waals surface area contributed by atoms with Crippen molar-refractivity contribution in [3.05, 3.63) is 41.1 Å². The van der Waals surface area contributed by atoms with Gasteiger partial charge in [0.2, 0.25) is 0 Å². The van der Waals surface area contributed by atoms with Crippen LogP contribution in [-0.2, 0) is 13.0 Å². The molecule has 5 nitrogen and oxygen atoms in total. The Balaban J connectivity index is 2.15. The van der Waals surface area contributed by atoms with Crippen molar-refractivity contribution in [3.63, 3.8) is 0 Å². The molecule has 0 saturated heterocycles. The molecule has 0 unspecified atom stereocenters. The van der Waals surface area contributed by atoms with Crippen LogP contribution >= 0.6 is 11.6 Å². The molecule has 19 heavy (non-hydrogen) atoms. The molecule has 0 aliphatic heterocycles. The molecule has 3 N–H and O–H groups in total. The Morgan fingerprint density at radius 1 is 1.26 bits per heavy atom. The lowest BCUT2D eigenvalue weighted by molar-refractivity contribution is 0.835. The second kappa shape index (κ2) is 6.33. The second-order valence-corrected chi connectivity index (χ2v) is 4.51. The van der Waals surface area contributed by atoms with E-state index >= 15 is 0 Å². The highest BCUT2D eigenvalue weighted by Crippen LogP contribution is 2.24. The summed E-state index contributed by atoms with van der Waals surface area (Å²) in [6.45, 7) is 2.68. The molecule has 2 aromatic rings. The van der Waals surface area contributed by atoms with E-state index in [1.807, 2.05) is 12.1 Å². The van der Waals surface area contributed by atoms with Gasteiger partial charge in [0.15, 0.2) is 11.0 Å². The average Bonchev–Trinajstić information content (AvgIpc) is 2.42. The smallest absolute Gasteiger partial charge is 0.157 e. The quantitative estimate of drug-likeness (QED) is 0.822. The van der Waals surface area contributed by atoms with E-state index in [1.165, 1.54) is 0 Å². The van der Waals surface area contributed by atoms with Crippen LogP contribution in [-0.4, -0.2) is 15.0 Å². The monoisotopic (exact) mass is 277 g/mol. The van der Waals surface area contributed by atoms with Crippen molar-refractivity contribution in [2.75, 3.05) is 11.1 Å². The largest absolute Gasteiger partial charge is 0.393 e. The Bertz CT molecular complexity index is 544. The van der Waals surface area contributed by atoms with E-state index in [4.69, 9.17) is 17.3 Å². The van der Waals surface area contributed by atoms with Crippen molar-refractivity contribution in [1.29, 1.82) is 0 Å². The minimum Gasteiger partial charge on any atom is -0.393 e. The first-order chi connectivity index (χ1) is 9.20. The zero-order valence-electron chi connectivity index (χ0n) is 10.7. The zero-order valence-corrected chi connectivity index (χ0v) is 11.5. The van der Waals surface area contributed by atoms with E-state index in [9.17, 15) is 0 Å². The molecule has 0 aliphatic rings. The number of hydrogen-bond donors (Lipinski definition) is 2. The summed E-state index contributed by atoms with van der Waals surface area (Å²) in [5.41, 5.74) is 7.36. The second-order valence-electron chi connectivity index (χ2n) is 4.15. The van der Waals surface area contributed by atoms with Crippen molar-refractivity contribution < 1.29 is 0 Å². The molecule has 0 radical (unpaired) electrons. The van der Waals surface area contributed by atoms with Crippen LogP contribution in [0.5, 0.6) is 0 Å². The normalized spacial score (nSPS) is 10.4. The molecule has 0 amide bonds. The zero-order chi connectivity index (χ0) is 13.7. The number of nitrogens with two attached hydrogens (primary N) is 1. The van der Waals surface area contributed by atoms with Crippen LogP contribution in [0.2, 0.25) is 5.15 Å². The van der Waals surface area contributed by atoms with Gasteiger partial charge >= 0.3 is 0 Å². The van der Waals surface area contributed by atoms with Crippen LogP contribution in [0.4, 0.5) is 11.5 Å². The number of nitrogens with zero attached hydrogens (tertiary/aromatic N) is 3. The van der Waals surface area contributed by atoms with Crippen LogP contribution in [0.1, 0.15) is 24.7 Å². The molecule has 0 spiro atoms. The van der Waals surface area contributed by atoms with E-state index in [2.05, 4.69) is 27.2 Å². The third kappa shape index (κ3) is 3.54. The first-order valence-electron chi connectivity index (χ1n) is 6.15. The van der Waals surface area contributed by atoms with E-state index in [1.54, 1.807) is 12.4 Å². The lowest BCUT2D eigenvalue weighted by Gasteiger charge is -2.10. The number of halogens is 1. The summed E-state index contributed by atoms with van der Waals surface area (Å²) in [7, 11) is 0. The van der Waals surface area contributed by atoms with Gasteiger partial charge in [0.05, 0.1) is 0 Å². The lowest BCUT2D eigenvalue weighted by Crippen LogP contribution is -2.08. The van der Waals surface area contributed by atoms with Crippen LogP contribution < -0.4 is 11.1 Å². The lowest BCUT2D eigenvalue weighted by atomic mass is 10.2. The SMILES string of the molecule is CCCc1nc(Cl)c(N)c(NCc2ccncc2)n1. The van der Waals surface area contributed by atoms with Crippen molar-refractivity contribution in [3.8, 4) is 0 Å². The van der Waals surface area contributed by atoms with Crippen LogP contribution in [0.15, 0.2) is 24.5 Å². The number of nitrogen functional groups attached to an aromatic ring is 1. The number of hydrogen-bond acceptors (Lipinski definition) is 5. The van der Waals surface area contributed by atoms with E-state index < -0.39 is 0 Å². The molecule has 0 saturated carbocycles. The third-order valence-corrected chi connectivity index (χ3v) is 2.92. The molecule has 0 bridgehead atoms. The van der Waals surface area contributed by atoms with E-state index in [0.717, 1.165) is 18.4 Å². The molecule has 2 heterocycles. The molecular formula is C13H16ClN5. The Morgan fingerprint density at radius 3 is 2.68 bits per heavy atom. The molecule has 6 heteroatoms. The van der Waals surface area contributed by atoms with Gasteiger partial charge in [-0.25, -0.2) is 9.97 Å². The fraction of sp³-hybridized carbons (Fsp3) is 0.308. The molecular weight excluding hydrogens is 262 g/mol. The van der Waals surface area contributed by atoms with Gasteiger partial charge < -0.3 is 11.1 Å². The maximum Gasteiger partial charge on any atom is 0.157 e. The Labute approximate surface area is 117 Å². The predicted molar refractivity (Wildman–Crippen MR) is 77.0 cm³/mol. The highest BCUT2D eigenvalue weighted by Gasteiger charge is 2.09. The molecule has 0 fully saturated rings. The topological polar surface area (TPSA) is 76.7 Å². The number of anilines is 2. The average molecular weight is 278 g/mol. The van der Waals surface area contributed by atoms with Crippen LogP contribution in [0.25, 0.3) is 0 Å². The number of aromatic nitrogens is 3. The molecule has 2 aromatic heterocycles. The van der Waals surface area contributed by atoms with Gasteiger partial charge in [-0.05, 0) is 24.1 Å². The van der Waals surface area contributed by atoms with Gasteiger partial charge in [-0.3, -0.25) is 4.98 Å². The summed E-state index contributed by atoms with van der Waals surface area (Å²) >= 11 is 6.01. The fourth-order valence-corrected chi connectivity index (χ4v) is 1.83. The summed E-state index contributed by atoms with van der Waals surface area (Å²) in [4.78, 5) is 12.5. The van der Waals surface area contributed by atoms with Gasteiger partial charge in [0.1, 0.15) is 11.5 Å². The van der Waals surface area contributed by atoms with E-state index in [0.29, 0.717) is 29.0 Å². The minimum absolute atomic E-state index is 0.302. The van der Waals surface area contributed by atoms with Crippen molar-refractivity contribution in [2.24, 2.45) is 0 Å². The highest BCUT2D eigenvalue weighted by molar-refractivity contribution is 6.32. The molecule has 0 aliphatic carbocycles. The minimum atomic E-state index is 0.302. The van der Waals surface area contributed by atoms with Crippen LogP contribution in [0.3, 0.4) is 0 Å². The first kappa shape index (κ1) is 13.5. The maximum absolute atomic E-state index is 6.01. The van der Waals surface area contributed by atoms with Gasteiger partial charge in [-0.1, -0.05) is 18.5 Å².